The molecule has 0 saturated carbocycles. The lowest BCUT2D eigenvalue weighted by atomic mass is 10.1. The molecule has 1 aliphatic rings. The van der Waals surface area contributed by atoms with Crippen molar-refractivity contribution in [2.75, 3.05) is 37.6 Å². The number of piperazine rings is 1. The summed E-state index contributed by atoms with van der Waals surface area (Å²) in [6.07, 6.45) is 0. The summed E-state index contributed by atoms with van der Waals surface area (Å²) in [5, 5.41) is 11.1. The average molecular weight is 292 g/mol. The van der Waals surface area contributed by atoms with Crippen LogP contribution in [0.4, 0.5) is 11.4 Å². The van der Waals surface area contributed by atoms with Crippen LogP contribution in [0, 0.1) is 16.0 Å². The molecule has 0 spiro atoms. The van der Waals surface area contributed by atoms with Crippen LogP contribution in [-0.2, 0) is 4.79 Å². The van der Waals surface area contributed by atoms with Gasteiger partial charge in [-0.1, -0.05) is 19.1 Å². The second-order valence-electron chi connectivity index (χ2n) is 5.19. The fourth-order valence-corrected chi connectivity index (χ4v) is 2.47. The van der Waals surface area contributed by atoms with E-state index in [-0.39, 0.29) is 22.4 Å². The number of rotatable bonds is 4. The van der Waals surface area contributed by atoms with E-state index in [0.29, 0.717) is 38.4 Å². The lowest BCUT2D eigenvalue weighted by Gasteiger charge is -2.36. The fourth-order valence-electron chi connectivity index (χ4n) is 2.47. The van der Waals surface area contributed by atoms with Gasteiger partial charge >= 0.3 is 0 Å². The lowest BCUT2D eigenvalue weighted by Crippen LogP contribution is -2.51. The zero-order valence-electron chi connectivity index (χ0n) is 12.1. The fraction of sp³-hybridized carbons (Fsp3) is 0.500. The van der Waals surface area contributed by atoms with Crippen LogP contribution >= 0.6 is 0 Å². The highest BCUT2D eigenvalue weighted by molar-refractivity contribution is 5.79. The van der Waals surface area contributed by atoms with Gasteiger partial charge in [-0.15, -0.1) is 0 Å². The number of nitrogens with zero attached hydrogens (tertiary/aromatic N) is 3. The van der Waals surface area contributed by atoms with E-state index in [0.717, 1.165) is 0 Å². The minimum Gasteiger partial charge on any atom is -0.362 e. The van der Waals surface area contributed by atoms with Gasteiger partial charge in [0.2, 0.25) is 5.91 Å². The maximum absolute atomic E-state index is 12.1. The summed E-state index contributed by atoms with van der Waals surface area (Å²) >= 11 is 0. The Kier molecular flexibility index (Phi) is 4.74. The molecule has 1 saturated heterocycles. The van der Waals surface area contributed by atoms with E-state index in [1.165, 1.54) is 6.07 Å². The van der Waals surface area contributed by atoms with Crippen molar-refractivity contribution in [1.29, 1.82) is 0 Å². The van der Waals surface area contributed by atoms with Gasteiger partial charge in [0.1, 0.15) is 5.69 Å². The average Bonchev–Trinajstić information content (AvgIpc) is 2.53. The third-order valence-electron chi connectivity index (χ3n) is 3.79. The first-order valence-corrected chi connectivity index (χ1v) is 7.01. The normalized spacial score (nSPS) is 16.7. The predicted molar refractivity (Wildman–Crippen MR) is 80.1 cm³/mol. The Balaban J connectivity index is 2.05. The van der Waals surface area contributed by atoms with Gasteiger partial charge in [0.25, 0.3) is 5.69 Å². The van der Waals surface area contributed by atoms with Crippen LogP contribution < -0.4 is 10.6 Å². The standard InChI is InChI=1S/C14H20N4O3/c1-11(10-15)14(19)17-8-6-16(7-9-17)12-4-2-3-5-13(12)18(20)21/h2-5,11H,6-10,15H2,1H3. The summed E-state index contributed by atoms with van der Waals surface area (Å²) in [6.45, 7) is 4.46. The highest BCUT2D eigenvalue weighted by Crippen LogP contribution is 2.28. The summed E-state index contributed by atoms with van der Waals surface area (Å²) in [4.78, 5) is 26.5. The molecule has 0 aliphatic carbocycles. The number of carbonyl (C=O) groups excluding carboxylic acids is 1. The number of benzene rings is 1. The molecule has 0 bridgehead atoms. The van der Waals surface area contributed by atoms with E-state index >= 15 is 0 Å². The topological polar surface area (TPSA) is 92.7 Å². The summed E-state index contributed by atoms with van der Waals surface area (Å²) in [7, 11) is 0. The van der Waals surface area contributed by atoms with Gasteiger partial charge in [-0.05, 0) is 6.07 Å². The van der Waals surface area contributed by atoms with Crippen molar-refractivity contribution >= 4 is 17.3 Å². The van der Waals surface area contributed by atoms with E-state index < -0.39 is 0 Å². The zero-order chi connectivity index (χ0) is 15.4. The molecule has 1 aromatic carbocycles. The molecular formula is C14H20N4O3. The van der Waals surface area contributed by atoms with E-state index in [9.17, 15) is 14.9 Å². The van der Waals surface area contributed by atoms with Crippen LogP contribution in [0.15, 0.2) is 24.3 Å². The van der Waals surface area contributed by atoms with Gasteiger partial charge in [0.15, 0.2) is 0 Å². The maximum atomic E-state index is 12.1. The van der Waals surface area contributed by atoms with Crippen molar-refractivity contribution in [2.24, 2.45) is 11.7 Å². The molecule has 1 amide bonds. The van der Waals surface area contributed by atoms with E-state index in [2.05, 4.69) is 0 Å². The van der Waals surface area contributed by atoms with Crippen molar-refractivity contribution < 1.29 is 9.72 Å². The minimum atomic E-state index is -0.372. The monoisotopic (exact) mass is 292 g/mol. The molecule has 0 radical (unpaired) electrons. The summed E-state index contributed by atoms with van der Waals surface area (Å²) in [6, 6.07) is 6.70. The van der Waals surface area contributed by atoms with Gasteiger partial charge in [-0.25, -0.2) is 0 Å². The molecule has 0 aromatic heterocycles. The molecule has 2 N–H and O–H groups in total. The largest absolute Gasteiger partial charge is 0.362 e. The van der Waals surface area contributed by atoms with E-state index in [4.69, 9.17) is 5.73 Å². The quantitative estimate of drug-likeness (QED) is 0.655. The molecule has 7 heteroatoms. The Hall–Kier alpha value is -2.15. The van der Waals surface area contributed by atoms with Gasteiger partial charge in [-0.2, -0.15) is 0 Å². The summed E-state index contributed by atoms with van der Waals surface area (Å²) < 4.78 is 0. The molecule has 2 rings (SSSR count). The lowest BCUT2D eigenvalue weighted by molar-refractivity contribution is -0.384. The van der Waals surface area contributed by atoms with Gasteiger partial charge < -0.3 is 15.5 Å². The van der Waals surface area contributed by atoms with E-state index in [1.807, 2.05) is 11.8 Å². The SMILES string of the molecule is CC(CN)C(=O)N1CCN(c2ccccc2[N+](=O)[O-])CC1. The maximum Gasteiger partial charge on any atom is 0.292 e. The van der Waals surface area contributed by atoms with Crippen molar-refractivity contribution in [3.63, 3.8) is 0 Å². The van der Waals surface area contributed by atoms with Crippen LogP contribution in [0.1, 0.15) is 6.92 Å². The van der Waals surface area contributed by atoms with Crippen LogP contribution in [0.5, 0.6) is 0 Å². The van der Waals surface area contributed by atoms with Gasteiger partial charge in [-0.3, -0.25) is 14.9 Å². The van der Waals surface area contributed by atoms with Crippen LogP contribution in [0.25, 0.3) is 0 Å². The molecule has 21 heavy (non-hydrogen) atoms. The first-order valence-electron chi connectivity index (χ1n) is 7.01. The Morgan fingerprint density at radius 1 is 1.33 bits per heavy atom. The molecule has 1 unspecified atom stereocenters. The highest BCUT2D eigenvalue weighted by Gasteiger charge is 2.27. The van der Waals surface area contributed by atoms with Gasteiger partial charge in [0, 0.05) is 44.7 Å². The second-order valence-corrected chi connectivity index (χ2v) is 5.19. The second kappa shape index (κ2) is 6.53. The number of nitrogens with two attached hydrogens (primary N) is 1. The molecule has 1 aromatic rings. The number of carbonyl (C=O) groups is 1. The van der Waals surface area contributed by atoms with Crippen molar-refractivity contribution in [3.05, 3.63) is 34.4 Å². The Morgan fingerprint density at radius 3 is 2.52 bits per heavy atom. The number of nitro benzene ring substituents is 1. The third-order valence-corrected chi connectivity index (χ3v) is 3.79. The first-order chi connectivity index (χ1) is 10.0. The smallest absolute Gasteiger partial charge is 0.292 e. The van der Waals surface area contributed by atoms with Crippen molar-refractivity contribution in [2.45, 2.75) is 6.92 Å². The molecule has 1 heterocycles. The minimum absolute atomic E-state index is 0.0553. The number of hydrogen-bond acceptors (Lipinski definition) is 5. The van der Waals surface area contributed by atoms with Crippen LogP contribution in [-0.4, -0.2) is 48.5 Å². The number of amides is 1. The van der Waals surface area contributed by atoms with E-state index in [1.54, 1.807) is 23.1 Å². The molecule has 1 aliphatic heterocycles. The number of hydrogen-bond donors (Lipinski definition) is 1. The molecule has 114 valence electrons. The zero-order valence-corrected chi connectivity index (χ0v) is 12.1. The summed E-state index contributed by atoms with van der Waals surface area (Å²) in [5.74, 6) is -0.123. The predicted octanol–water partition coefficient (Wildman–Crippen LogP) is 0.838. The number of para-hydroxylation sites is 2. The van der Waals surface area contributed by atoms with Crippen molar-refractivity contribution in [1.82, 2.24) is 4.90 Å². The molecule has 7 nitrogen and oxygen atoms in total. The van der Waals surface area contributed by atoms with Crippen LogP contribution in [0.3, 0.4) is 0 Å². The Bertz CT molecular complexity index is 527. The molecular weight excluding hydrogens is 272 g/mol. The molecule has 1 atom stereocenters. The summed E-state index contributed by atoms with van der Waals surface area (Å²) in [5.41, 5.74) is 6.23. The first kappa shape index (κ1) is 15.2. The van der Waals surface area contributed by atoms with Crippen LogP contribution in [0.2, 0.25) is 0 Å². The number of nitro groups is 1. The Morgan fingerprint density at radius 2 is 1.95 bits per heavy atom. The molecule has 1 fully saturated rings. The number of anilines is 1. The Labute approximate surface area is 123 Å². The van der Waals surface area contributed by atoms with Crippen molar-refractivity contribution in [3.8, 4) is 0 Å². The van der Waals surface area contributed by atoms with Gasteiger partial charge in [0.05, 0.1) is 4.92 Å². The highest BCUT2D eigenvalue weighted by atomic mass is 16.6. The third kappa shape index (κ3) is 3.30.